The van der Waals surface area contributed by atoms with E-state index in [1.54, 1.807) is 6.20 Å². The standard InChI is InChI=1S/C18H15NO2/c20-18(21)17(12-14-8-3-4-11-19-14)16-10-5-7-13-6-1-2-9-15(13)16/h1-11,17H,12H2,(H,20,21). The maximum absolute atomic E-state index is 11.7. The molecule has 0 amide bonds. The van der Waals surface area contributed by atoms with Crippen molar-refractivity contribution >= 4 is 16.7 Å². The van der Waals surface area contributed by atoms with Gasteiger partial charge < -0.3 is 5.11 Å². The van der Waals surface area contributed by atoms with Gasteiger partial charge in [-0.25, -0.2) is 0 Å². The van der Waals surface area contributed by atoms with Crippen molar-refractivity contribution in [2.75, 3.05) is 0 Å². The average Bonchev–Trinajstić information content (AvgIpc) is 2.53. The van der Waals surface area contributed by atoms with Crippen molar-refractivity contribution in [1.29, 1.82) is 0 Å². The second-order valence-corrected chi connectivity index (χ2v) is 4.98. The summed E-state index contributed by atoms with van der Waals surface area (Å²) in [6.45, 7) is 0. The molecule has 3 nitrogen and oxygen atoms in total. The van der Waals surface area contributed by atoms with Gasteiger partial charge in [0.15, 0.2) is 0 Å². The van der Waals surface area contributed by atoms with E-state index in [1.165, 1.54) is 0 Å². The summed E-state index contributed by atoms with van der Waals surface area (Å²) in [7, 11) is 0. The molecule has 1 unspecified atom stereocenters. The molecule has 1 atom stereocenters. The molecule has 3 heteroatoms. The van der Waals surface area contributed by atoms with Gasteiger partial charge in [0.25, 0.3) is 0 Å². The van der Waals surface area contributed by atoms with Crippen molar-refractivity contribution in [2.24, 2.45) is 0 Å². The zero-order valence-electron chi connectivity index (χ0n) is 11.4. The van der Waals surface area contributed by atoms with Crippen LogP contribution in [0.25, 0.3) is 10.8 Å². The molecule has 1 N–H and O–H groups in total. The lowest BCUT2D eigenvalue weighted by Crippen LogP contribution is -2.15. The van der Waals surface area contributed by atoms with Gasteiger partial charge in [0.1, 0.15) is 0 Å². The van der Waals surface area contributed by atoms with Crippen LogP contribution in [0.2, 0.25) is 0 Å². The summed E-state index contributed by atoms with van der Waals surface area (Å²) in [5.74, 6) is -1.41. The van der Waals surface area contributed by atoms with Crippen LogP contribution in [0, 0.1) is 0 Å². The molecule has 3 aromatic rings. The number of carboxylic acid groups (broad SMARTS) is 1. The summed E-state index contributed by atoms with van der Waals surface area (Å²) < 4.78 is 0. The third-order valence-corrected chi connectivity index (χ3v) is 3.64. The van der Waals surface area contributed by atoms with Crippen LogP contribution in [0.15, 0.2) is 66.9 Å². The highest BCUT2D eigenvalue weighted by Crippen LogP contribution is 2.28. The third kappa shape index (κ3) is 2.77. The van der Waals surface area contributed by atoms with E-state index in [9.17, 15) is 9.90 Å². The first-order valence-corrected chi connectivity index (χ1v) is 6.86. The Morgan fingerprint density at radius 3 is 2.52 bits per heavy atom. The fraction of sp³-hybridized carbons (Fsp3) is 0.111. The summed E-state index contributed by atoms with van der Waals surface area (Å²) in [6.07, 6.45) is 2.08. The van der Waals surface area contributed by atoms with E-state index >= 15 is 0 Å². The van der Waals surface area contributed by atoms with Crippen molar-refractivity contribution < 1.29 is 9.90 Å². The zero-order chi connectivity index (χ0) is 14.7. The van der Waals surface area contributed by atoms with Gasteiger partial charge in [-0.2, -0.15) is 0 Å². The molecule has 104 valence electrons. The lowest BCUT2D eigenvalue weighted by atomic mass is 9.90. The van der Waals surface area contributed by atoms with E-state index in [2.05, 4.69) is 4.98 Å². The van der Waals surface area contributed by atoms with Crippen molar-refractivity contribution in [2.45, 2.75) is 12.3 Å². The third-order valence-electron chi connectivity index (χ3n) is 3.64. The van der Waals surface area contributed by atoms with Crippen molar-refractivity contribution in [1.82, 2.24) is 4.98 Å². The molecule has 0 spiro atoms. The number of benzene rings is 2. The van der Waals surface area contributed by atoms with Crippen LogP contribution in [0.1, 0.15) is 17.2 Å². The van der Waals surface area contributed by atoms with Crippen LogP contribution in [-0.4, -0.2) is 16.1 Å². The molecule has 0 fully saturated rings. The van der Waals surface area contributed by atoms with Gasteiger partial charge in [-0.15, -0.1) is 0 Å². The summed E-state index contributed by atoms with van der Waals surface area (Å²) in [4.78, 5) is 16.0. The molecule has 0 aliphatic rings. The molecular formula is C18H15NO2. The zero-order valence-corrected chi connectivity index (χ0v) is 11.4. The smallest absolute Gasteiger partial charge is 0.311 e. The Kier molecular flexibility index (Phi) is 3.65. The van der Waals surface area contributed by atoms with E-state index in [0.717, 1.165) is 22.0 Å². The van der Waals surface area contributed by atoms with Gasteiger partial charge in [-0.1, -0.05) is 48.5 Å². The maximum atomic E-state index is 11.7. The number of aliphatic carboxylic acids is 1. The summed E-state index contributed by atoms with van der Waals surface area (Å²) in [5.41, 5.74) is 1.63. The van der Waals surface area contributed by atoms with E-state index in [4.69, 9.17) is 0 Å². The first kappa shape index (κ1) is 13.3. The van der Waals surface area contributed by atoms with Crippen LogP contribution in [-0.2, 0) is 11.2 Å². The predicted molar refractivity (Wildman–Crippen MR) is 82.3 cm³/mol. The number of fused-ring (bicyclic) bond motifs is 1. The van der Waals surface area contributed by atoms with Crippen LogP contribution in [0.5, 0.6) is 0 Å². The highest BCUT2D eigenvalue weighted by Gasteiger charge is 2.22. The van der Waals surface area contributed by atoms with Crippen molar-refractivity contribution in [3.63, 3.8) is 0 Å². The molecule has 0 saturated heterocycles. The monoisotopic (exact) mass is 277 g/mol. The second kappa shape index (κ2) is 5.75. The highest BCUT2D eigenvalue weighted by atomic mass is 16.4. The SMILES string of the molecule is O=C(O)C(Cc1ccccn1)c1cccc2ccccc12. The van der Waals surface area contributed by atoms with E-state index < -0.39 is 11.9 Å². The number of rotatable bonds is 4. The topological polar surface area (TPSA) is 50.2 Å². The van der Waals surface area contributed by atoms with E-state index in [-0.39, 0.29) is 0 Å². The first-order chi connectivity index (χ1) is 10.3. The van der Waals surface area contributed by atoms with Crippen LogP contribution in [0.4, 0.5) is 0 Å². The summed E-state index contributed by atoms with van der Waals surface area (Å²) in [6, 6.07) is 19.2. The largest absolute Gasteiger partial charge is 0.481 e. The minimum atomic E-state index is -0.822. The summed E-state index contributed by atoms with van der Waals surface area (Å²) >= 11 is 0. The Hall–Kier alpha value is -2.68. The fourth-order valence-corrected chi connectivity index (χ4v) is 2.61. The minimum Gasteiger partial charge on any atom is -0.481 e. The Morgan fingerprint density at radius 1 is 1.00 bits per heavy atom. The molecule has 1 heterocycles. The number of aromatic nitrogens is 1. The van der Waals surface area contributed by atoms with Gasteiger partial charge in [0.05, 0.1) is 5.92 Å². The molecule has 0 aliphatic carbocycles. The number of nitrogens with zero attached hydrogens (tertiary/aromatic N) is 1. The summed E-state index contributed by atoms with van der Waals surface area (Å²) in [5, 5.41) is 11.7. The van der Waals surface area contributed by atoms with Gasteiger partial charge in [0, 0.05) is 18.3 Å². The molecule has 0 bridgehead atoms. The lowest BCUT2D eigenvalue weighted by Gasteiger charge is -2.15. The number of hydrogen-bond acceptors (Lipinski definition) is 2. The normalized spacial score (nSPS) is 12.2. The van der Waals surface area contributed by atoms with Crippen molar-refractivity contribution in [3.05, 3.63) is 78.1 Å². The van der Waals surface area contributed by atoms with Gasteiger partial charge in [-0.3, -0.25) is 9.78 Å². The lowest BCUT2D eigenvalue weighted by molar-refractivity contribution is -0.138. The number of carbonyl (C=O) groups is 1. The number of pyridine rings is 1. The molecule has 21 heavy (non-hydrogen) atoms. The van der Waals surface area contributed by atoms with Crippen LogP contribution >= 0.6 is 0 Å². The Morgan fingerprint density at radius 2 is 1.76 bits per heavy atom. The molecule has 0 aliphatic heterocycles. The Balaban J connectivity index is 2.06. The molecule has 0 radical (unpaired) electrons. The predicted octanol–water partition coefficient (Wildman–Crippen LogP) is 3.65. The second-order valence-electron chi connectivity index (χ2n) is 4.98. The van der Waals surface area contributed by atoms with Gasteiger partial charge >= 0.3 is 5.97 Å². The molecule has 2 aromatic carbocycles. The number of carboxylic acids is 1. The quantitative estimate of drug-likeness (QED) is 0.792. The molecule has 1 aromatic heterocycles. The Labute approximate surface area is 122 Å². The number of hydrogen-bond donors (Lipinski definition) is 1. The van der Waals surface area contributed by atoms with Crippen molar-refractivity contribution in [3.8, 4) is 0 Å². The van der Waals surface area contributed by atoms with Crippen LogP contribution in [0.3, 0.4) is 0 Å². The molecule has 3 rings (SSSR count). The van der Waals surface area contributed by atoms with Gasteiger partial charge in [0.2, 0.25) is 0 Å². The first-order valence-electron chi connectivity index (χ1n) is 6.86. The van der Waals surface area contributed by atoms with E-state index in [0.29, 0.717) is 6.42 Å². The maximum Gasteiger partial charge on any atom is 0.311 e. The molecule has 0 saturated carbocycles. The highest BCUT2D eigenvalue weighted by molar-refractivity contribution is 5.90. The molecular weight excluding hydrogens is 262 g/mol. The van der Waals surface area contributed by atoms with Gasteiger partial charge in [-0.05, 0) is 28.5 Å². The van der Waals surface area contributed by atoms with E-state index in [1.807, 2.05) is 60.7 Å². The minimum absolute atomic E-state index is 0.393. The Bertz CT molecular complexity index is 763. The van der Waals surface area contributed by atoms with Crippen LogP contribution < -0.4 is 0 Å². The average molecular weight is 277 g/mol. The fourth-order valence-electron chi connectivity index (χ4n) is 2.61.